The van der Waals surface area contributed by atoms with Crippen molar-refractivity contribution in [2.75, 3.05) is 18.1 Å². The molecule has 0 aliphatic carbocycles. The summed E-state index contributed by atoms with van der Waals surface area (Å²) >= 11 is 2.09. The van der Waals surface area contributed by atoms with Crippen molar-refractivity contribution in [3.8, 4) is 0 Å². The largest absolute Gasteiger partial charge is 0.396 e. The van der Waals surface area contributed by atoms with Crippen LogP contribution in [-0.2, 0) is 19.4 Å². The van der Waals surface area contributed by atoms with E-state index in [-0.39, 0.29) is 0 Å². The van der Waals surface area contributed by atoms with Gasteiger partial charge in [-0.1, -0.05) is 0 Å². The number of thioether (sulfide) groups is 1. The zero-order valence-corrected chi connectivity index (χ0v) is 11.7. The molecule has 2 aliphatic rings. The Morgan fingerprint density at radius 3 is 2.89 bits per heavy atom. The number of aliphatic hydroxyl groups excluding tert-OH is 1. The maximum atomic E-state index is 9.25. The van der Waals surface area contributed by atoms with E-state index in [1.54, 1.807) is 0 Å². The SMILES string of the molecule is OCC1CCn2c(cnc2CC2CCSCC2)C1. The van der Waals surface area contributed by atoms with Crippen LogP contribution in [0, 0.1) is 11.8 Å². The molecule has 3 nitrogen and oxygen atoms in total. The first-order chi connectivity index (χ1) is 8.86. The van der Waals surface area contributed by atoms with E-state index >= 15 is 0 Å². The summed E-state index contributed by atoms with van der Waals surface area (Å²) in [4.78, 5) is 4.64. The van der Waals surface area contributed by atoms with Gasteiger partial charge in [0.05, 0.1) is 0 Å². The number of nitrogens with zero attached hydrogens (tertiary/aromatic N) is 2. The van der Waals surface area contributed by atoms with Gasteiger partial charge in [0, 0.05) is 31.5 Å². The first-order valence-corrected chi connectivity index (χ1v) is 8.24. The second-order valence-corrected chi connectivity index (χ2v) is 6.84. The van der Waals surface area contributed by atoms with Crippen molar-refractivity contribution >= 4 is 11.8 Å². The van der Waals surface area contributed by atoms with Gasteiger partial charge in [-0.3, -0.25) is 0 Å². The Balaban J connectivity index is 1.68. The topological polar surface area (TPSA) is 38.0 Å². The quantitative estimate of drug-likeness (QED) is 0.910. The van der Waals surface area contributed by atoms with Gasteiger partial charge in [0.15, 0.2) is 0 Å². The van der Waals surface area contributed by atoms with Crippen molar-refractivity contribution < 1.29 is 5.11 Å². The fourth-order valence-electron chi connectivity index (χ4n) is 3.13. The van der Waals surface area contributed by atoms with E-state index in [4.69, 9.17) is 0 Å². The molecule has 1 fully saturated rings. The van der Waals surface area contributed by atoms with Gasteiger partial charge in [0.25, 0.3) is 0 Å². The van der Waals surface area contributed by atoms with Crippen LogP contribution < -0.4 is 0 Å². The molecule has 1 aromatic rings. The average Bonchev–Trinajstić information content (AvgIpc) is 2.82. The van der Waals surface area contributed by atoms with Gasteiger partial charge in [-0.25, -0.2) is 4.98 Å². The first-order valence-electron chi connectivity index (χ1n) is 7.08. The highest BCUT2D eigenvalue weighted by molar-refractivity contribution is 7.99. The molecular weight excluding hydrogens is 244 g/mol. The molecule has 18 heavy (non-hydrogen) atoms. The minimum absolute atomic E-state index is 0.320. The summed E-state index contributed by atoms with van der Waals surface area (Å²) in [5.74, 6) is 5.23. The van der Waals surface area contributed by atoms with Crippen LogP contribution in [0.1, 0.15) is 30.8 Å². The van der Waals surface area contributed by atoms with E-state index in [0.29, 0.717) is 12.5 Å². The lowest BCUT2D eigenvalue weighted by Crippen LogP contribution is -2.23. The normalized spacial score (nSPS) is 25.1. The van der Waals surface area contributed by atoms with E-state index in [2.05, 4.69) is 21.3 Å². The Morgan fingerprint density at radius 1 is 1.28 bits per heavy atom. The molecular formula is C14H22N2OS. The van der Waals surface area contributed by atoms with E-state index in [1.807, 2.05) is 6.20 Å². The lowest BCUT2D eigenvalue weighted by atomic mass is 9.96. The Labute approximate surface area is 113 Å². The van der Waals surface area contributed by atoms with Crippen LogP contribution in [0.3, 0.4) is 0 Å². The Morgan fingerprint density at radius 2 is 2.11 bits per heavy atom. The van der Waals surface area contributed by atoms with Gasteiger partial charge in [-0.2, -0.15) is 11.8 Å². The second kappa shape index (κ2) is 5.66. The fraction of sp³-hybridized carbons (Fsp3) is 0.786. The first kappa shape index (κ1) is 12.5. The molecule has 1 aromatic heterocycles. The van der Waals surface area contributed by atoms with Crippen LogP contribution in [0.2, 0.25) is 0 Å². The van der Waals surface area contributed by atoms with E-state index in [9.17, 15) is 5.11 Å². The monoisotopic (exact) mass is 266 g/mol. The Bertz CT molecular complexity index is 398. The lowest BCUT2D eigenvalue weighted by molar-refractivity contribution is 0.199. The van der Waals surface area contributed by atoms with Crippen LogP contribution in [0.5, 0.6) is 0 Å². The van der Waals surface area contributed by atoms with Crippen LogP contribution in [-0.4, -0.2) is 32.8 Å². The molecule has 0 saturated carbocycles. The van der Waals surface area contributed by atoms with Crippen LogP contribution in [0.4, 0.5) is 0 Å². The van der Waals surface area contributed by atoms with Crippen molar-refractivity contribution in [3.05, 3.63) is 17.7 Å². The smallest absolute Gasteiger partial charge is 0.109 e. The summed E-state index contributed by atoms with van der Waals surface area (Å²) in [6.45, 7) is 1.37. The fourth-order valence-corrected chi connectivity index (χ4v) is 4.33. The molecule has 1 atom stereocenters. The van der Waals surface area contributed by atoms with Crippen LogP contribution >= 0.6 is 11.8 Å². The highest BCUT2D eigenvalue weighted by Crippen LogP contribution is 2.28. The van der Waals surface area contributed by atoms with Crippen molar-refractivity contribution in [2.45, 2.75) is 38.6 Å². The number of rotatable bonds is 3. The van der Waals surface area contributed by atoms with Gasteiger partial charge in [-0.15, -0.1) is 0 Å². The number of imidazole rings is 1. The second-order valence-electron chi connectivity index (χ2n) is 5.62. The zero-order chi connectivity index (χ0) is 12.4. The number of hydrogen-bond acceptors (Lipinski definition) is 3. The number of aromatic nitrogens is 2. The Hall–Kier alpha value is -0.480. The van der Waals surface area contributed by atoms with E-state index in [0.717, 1.165) is 31.7 Å². The lowest BCUT2D eigenvalue weighted by Gasteiger charge is -2.25. The predicted molar refractivity (Wildman–Crippen MR) is 74.9 cm³/mol. The standard InChI is InChI=1S/C14H22N2OS/c17-10-12-1-4-16-13(7-12)9-15-14(16)8-11-2-5-18-6-3-11/h9,11-12,17H,1-8,10H2. The Kier molecular flexibility index (Phi) is 3.94. The molecule has 4 heteroatoms. The molecule has 0 amide bonds. The van der Waals surface area contributed by atoms with Crippen LogP contribution in [0.25, 0.3) is 0 Å². The molecule has 100 valence electrons. The number of hydrogen-bond donors (Lipinski definition) is 1. The maximum absolute atomic E-state index is 9.25. The van der Waals surface area contributed by atoms with E-state index in [1.165, 1.54) is 35.9 Å². The van der Waals surface area contributed by atoms with Gasteiger partial charge in [0.2, 0.25) is 0 Å². The summed E-state index contributed by atoms with van der Waals surface area (Å²) in [6, 6.07) is 0. The summed E-state index contributed by atoms with van der Waals surface area (Å²) in [5, 5.41) is 9.25. The van der Waals surface area contributed by atoms with Gasteiger partial charge in [0.1, 0.15) is 5.82 Å². The molecule has 1 unspecified atom stereocenters. The molecule has 0 radical (unpaired) electrons. The molecule has 0 spiro atoms. The third kappa shape index (κ3) is 2.59. The summed E-state index contributed by atoms with van der Waals surface area (Å²) in [6.07, 6.45) is 8.01. The molecule has 1 N–H and O–H groups in total. The predicted octanol–water partition coefficient (Wildman–Crippen LogP) is 2.12. The van der Waals surface area contributed by atoms with Crippen molar-refractivity contribution in [1.82, 2.24) is 9.55 Å². The van der Waals surface area contributed by atoms with E-state index < -0.39 is 0 Å². The minimum Gasteiger partial charge on any atom is -0.396 e. The summed E-state index contributed by atoms with van der Waals surface area (Å²) < 4.78 is 2.41. The molecule has 3 rings (SSSR count). The zero-order valence-electron chi connectivity index (χ0n) is 10.8. The number of aliphatic hydroxyl groups is 1. The number of fused-ring (bicyclic) bond motifs is 1. The third-order valence-electron chi connectivity index (χ3n) is 4.35. The highest BCUT2D eigenvalue weighted by Gasteiger charge is 2.23. The summed E-state index contributed by atoms with van der Waals surface area (Å²) in [7, 11) is 0. The molecule has 0 aromatic carbocycles. The highest BCUT2D eigenvalue weighted by atomic mass is 32.2. The minimum atomic E-state index is 0.320. The third-order valence-corrected chi connectivity index (χ3v) is 5.40. The molecule has 2 aliphatic heterocycles. The van der Waals surface area contributed by atoms with Crippen molar-refractivity contribution in [2.24, 2.45) is 11.8 Å². The van der Waals surface area contributed by atoms with Crippen molar-refractivity contribution in [1.29, 1.82) is 0 Å². The summed E-state index contributed by atoms with van der Waals surface area (Å²) in [5.41, 5.74) is 1.33. The average molecular weight is 266 g/mol. The molecule has 0 bridgehead atoms. The molecule has 3 heterocycles. The van der Waals surface area contributed by atoms with Gasteiger partial charge >= 0.3 is 0 Å². The van der Waals surface area contributed by atoms with Crippen LogP contribution in [0.15, 0.2) is 6.20 Å². The maximum Gasteiger partial charge on any atom is 0.109 e. The molecule has 1 saturated heterocycles. The van der Waals surface area contributed by atoms with Gasteiger partial charge < -0.3 is 9.67 Å². The van der Waals surface area contributed by atoms with Crippen molar-refractivity contribution in [3.63, 3.8) is 0 Å². The van der Waals surface area contributed by atoms with Gasteiger partial charge in [-0.05, 0) is 49.0 Å².